The fourth-order valence-corrected chi connectivity index (χ4v) is 1.99. The van der Waals surface area contributed by atoms with Crippen LogP contribution in [0.25, 0.3) is 0 Å². The van der Waals surface area contributed by atoms with E-state index in [-0.39, 0.29) is 11.1 Å². The number of carbonyl (C=O) groups is 1. The molecule has 0 fully saturated rings. The first-order valence-corrected chi connectivity index (χ1v) is 6.68. The van der Waals surface area contributed by atoms with Crippen molar-refractivity contribution in [2.45, 2.75) is 19.1 Å². The van der Waals surface area contributed by atoms with E-state index in [1.807, 2.05) is 0 Å². The van der Waals surface area contributed by atoms with Crippen LogP contribution in [0.15, 0.2) is 36.4 Å². The molecule has 122 valence electrons. The molecule has 0 heterocycles. The Morgan fingerprint density at radius 1 is 0.957 bits per heavy atom. The number of benzene rings is 2. The maximum Gasteiger partial charge on any atom is 0.251 e. The van der Waals surface area contributed by atoms with E-state index in [0.29, 0.717) is 0 Å². The summed E-state index contributed by atoms with van der Waals surface area (Å²) in [5.41, 5.74) is -0.0600. The van der Waals surface area contributed by atoms with Gasteiger partial charge in [0, 0.05) is 5.56 Å². The summed E-state index contributed by atoms with van der Waals surface area (Å²) in [5, 5.41) is 12.4. The minimum Gasteiger partial charge on any atom is -0.386 e. The molecule has 7 heteroatoms. The Morgan fingerprint density at radius 3 is 2.09 bits per heavy atom. The molecule has 2 aromatic carbocycles. The lowest BCUT2D eigenvalue weighted by molar-refractivity contribution is 0.0851. The molecule has 2 aromatic rings. The number of hydrogen-bond acceptors (Lipinski definition) is 2. The van der Waals surface area contributed by atoms with Crippen molar-refractivity contribution < 1.29 is 27.5 Å². The molecule has 0 spiro atoms. The average Bonchev–Trinajstić information content (AvgIpc) is 2.51. The van der Waals surface area contributed by atoms with Crippen LogP contribution in [0.1, 0.15) is 28.9 Å². The number of halogens is 4. The molecule has 0 aromatic heterocycles. The van der Waals surface area contributed by atoms with Gasteiger partial charge in [0.2, 0.25) is 0 Å². The Kier molecular flexibility index (Phi) is 5.00. The van der Waals surface area contributed by atoms with Crippen LogP contribution in [0.2, 0.25) is 0 Å². The first-order chi connectivity index (χ1) is 10.8. The summed E-state index contributed by atoms with van der Waals surface area (Å²) in [5.74, 6) is -5.18. The van der Waals surface area contributed by atoms with E-state index in [0.717, 1.165) is 30.3 Å². The van der Waals surface area contributed by atoms with E-state index in [1.165, 1.54) is 13.0 Å². The van der Waals surface area contributed by atoms with Gasteiger partial charge >= 0.3 is 0 Å². The maximum absolute atomic E-state index is 13.2. The minimum absolute atomic E-state index is 0.0713. The van der Waals surface area contributed by atoms with E-state index < -0.39 is 41.3 Å². The molecule has 2 atom stereocenters. The van der Waals surface area contributed by atoms with E-state index in [4.69, 9.17) is 0 Å². The number of amides is 1. The van der Waals surface area contributed by atoms with Gasteiger partial charge in [-0.1, -0.05) is 6.07 Å². The third-order valence-electron chi connectivity index (χ3n) is 3.30. The monoisotopic (exact) mass is 327 g/mol. The van der Waals surface area contributed by atoms with Crippen molar-refractivity contribution >= 4 is 5.91 Å². The largest absolute Gasteiger partial charge is 0.386 e. The first-order valence-electron chi connectivity index (χ1n) is 6.68. The van der Waals surface area contributed by atoms with Crippen LogP contribution in [0.3, 0.4) is 0 Å². The summed E-state index contributed by atoms with van der Waals surface area (Å²) in [6.07, 6.45) is -1.31. The van der Waals surface area contributed by atoms with Crippen molar-refractivity contribution in [2.75, 3.05) is 0 Å². The highest BCUT2D eigenvalue weighted by Crippen LogP contribution is 2.20. The zero-order valence-corrected chi connectivity index (χ0v) is 12.0. The fourth-order valence-electron chi connectivity index (χ4n) is 1.99. The number of hydrogen-bond donors (Lipinski definition) is 2. The molecule has 0 saturated heterocycles. The lowest BCUT2D eigenvalue weighted by atomic mass is 10.0. The molecule has 0 saturated carbocycles. The number of rotatable bonds is 4. The van der Waals surface area contributed by atoms with Crippen LogP contribution in [-0.4, -0.2) is 17.1 Å². The van der Waals surface area contributed by atoms with Gasteiger partial charge in [0.1, 0.15) is 0 Å². The van der Waals surface area contributed by atoms with Crippen LogP contribution >= 0.6 is 0 Å². The van der Waals surface area contributed by atoms with Crippen molar-refractivity contribution in [3.63, 3.8) is 0 Å². The van der Waals surface area contributed by atoms with Gasteiger partial charge in [-0.2, -0.15) is 0 Å². The fraction of sp³-hybridized carbons (Fsp3) is 0.188. The normalized spacial score (nSPS) is 13.5. The summed E-state index contributed by atoms with van der Waals surface area (Å²) < 4.78 is 52.0. The number of carbonyl (C=O) groups excluding carboxylic acids is 1. The lowest BCUT2D eigenvalue weighted by Gasteiger charge is -2.21. The second kappa shape index (κ2) is 6.78. The van der Waals surface area contributed by atoms with Crippen LogP contribution in [0, 0.1) is 23.3 Å². The highest BCUT2D eigenvalue weighted by Gasteiger charge is 2.21. The standard InChI is InChI=1S/C16H13F4NO2/c1-8(15(22)9-2-4-11(17)13(19)6-9)21-16(23)10-3-5-12(18)14(20)7-10/h2-8,15,22H,1H3,(H,21,23). The molecule has 3 nitrogen and oxygen atoms in total. The van der Waals surface area contributed by atoms with E-state index >= 15 is 0 Å². The van der Waals surface area contributed by atoms with Crippen molar-refractivity contribution in [3.8, 4) is 0 Å². The summed E-state index contributed by atoms with van der Waals surface area (Å²) in [7, 11) is 0. The summed E-state index contributed by atoms with van der Waals surface area (Å²) >= 11 is 0. The van der Waals surface area contributed by atoms with Crippen molar-refractivity contribution in [1.29, 1.82) is 0 Å². The summed E-state index contributed by atoms with van der Waals surface area (Å²) in [6, 6.07) is 4.61. The molecule has 2 N–H and O–H groups in total. The van der Waals surface area contributed by atoms with Crippen molar-refractivity contribution in [3.05, 3.63) is 70.8 Å². The van der Waals surface area contributed by atoms with Gasteiger partial charge in [-0.25, -0.2) is 17.6 Å². The van der Waals surface area contributed by atoms with Gasteiger partial charge in [0.05, 0.1) is 12.1 Å². The van der Waals surface area contributed by atoms with E-state index in [1.54, 1.807) is 0 Å². The Bertz CT molecular complexity index is 736. The maximum atomic E-state index is 13.2. The Morgan fingerprint density at radius 2 is 1.52 bits per heavy atom. The number of aliphatic hydroxyl groups excluding tert-OH is 1. The Hall–Kier alpha value is -2.41. The highest BCUT2D eigenvalue weighted by atomic mass is 19.2. The predicted molar refractivity (Wildman–Crippen MR) is 74.6 cm³/mol. The van der Waals surface area contributed by atoms with Crippen LogP contribution in [0.5, 0.6) is 0 Å². The average molecular weight is 327 g/mol. The first kappa shape index (κ1) is 17.0. The van der Waals surface area contributed by atoms with E-state index in [2.05, 4.69) is 5.32 Å². The van der Waals surface area contributed by atoms with Gasteiger partial charge in [-0.05, 0) is 42.8 Å². The molecular weight excluding hydrogens is 314 g/mol. The summed E-state index contributed by atoms with van der Waals surface area (Å²) in [6.45, 7) is 1.43. The molecule has 0 aliphatic carbocycles. The second-order valence-corrected chi connectivity index (χ2v) is 5.01. The van der Waals surface area contributed by atoms with Crippen molar-refractivity contribution in [2.24, 2.45) is 0 Å². The van der Waals surface area contributed by atoms with Crippen LogP contribution in [0.4, 0.5) is 17.6 Å². The Balaban J connectivity index is 2.10. The molecule has 0 aliphatic rings. The second-order valence-electron chi connectivity index (χ2n) is 5.01. The quantitative estimate of drug-likeness (QED) is 0.848. The molecule has 2 unspecified atom stereocenters. The van der Waals surface area contributed by atoms with Gasteiger partial charge in [0.25, 0.3) is 5.91 Å². The van der Waals surface area contributed by atoms with Crippen molar-refractivity contribution in [1.82, 2.24) is 5.32 Å². The Labute approximate surface area is 129 Å². The number of aliphatic hydroxyl groups is 1. The molecule has 23 heavy (non-hydrogen) atoms. The van der Waals surface area contributed by atoms with E-state index in [9.17, 15) is 27.5 Å². The molecule has 0 radical (unpaired) electrons. The minimum atomic E-state index is -1.31. The predicted octanol–water partition coefficient (Wildman–Crippen LogP) is 3.09. The molecule has 0 bridgehead atoms. The molecule has 0 aliphatic heterocycles. The third-order valence-corrected chi connectivity index (χ3v) is 3.30. The molecule has 1 amide bonds. The number of nitrogens with one attached hydrogen (secondary N) is 1. The lowest BCUT2D eigenvalue weighted by Crippen LogP contribution is -2.37. The van der Waals surface area contributed by atoms with Crippen LogP contribution in [-0.2, 0) is 0 Å². The zero-order valence-electron chi connectivity index (χ0n) is 12.0. The van der Waals surface area contributed by atoms with Gasteiger partial charge in [-0.15, -0.1) is 0 Å². The molecular formula is C16H13F4NO2. The molecule has 2 rings (SSSR count). The SMILES string of the molecule is CC(NC(=O)c1ccc(F)c(F)c1)C(O)c1ccc(F)c(F)c1. The van der Waals surface area contributed by atoms with Crippen LogP contribution < -0.4 is 5.32 Å². The van der Waals surface area contributed by atoms with Gasteiger partial charge < -0.3 is 10.4 Å². The zero-order chi connectivity index (χ0) is 17.1. The van der Waals surface area contributed by atoms with Gasteiger partial charge in [-0.3, -0.25) is 4.79 Å². The smallest absolute Gasteiger partial charge is 0.251 e. The highest BCUT2D eigenvalue weighted by molar-refractivity contribution is 5.94. The van der Waals surface area contributed by atoms with Gasteiger partial charge in [0.15, 0.2) is 23.3 Å². The topological polar surface area (TPSA) is 49.3 Å². The third kappa shape index (κ3) is 3.87. The summed E-state index contributed by atoms with van der Waals surface area (Å²) in [4.78, 5) is 11.9.